The summed E-state index contributed by atoms with van der Waals surface area (Å²) in [5, 5.41) is 14.4. The average Bonchev–Trinajstić information content (AvgIpc) is 2.49. The molecule has 3 N–H and O–H groups in total. The zero-order chi connectivity index (χ0) is 17.0. The van der Waals surface area contributed by atoms with Gasteiger partial charge in [-0.05, 0) is 65.4 Å². The molecule has 0 aliphatic carbocycles. The lowest BCUT2D eigenvalue weighted by molar-refractivity contribution is 0.0696. The molecule has 0 atom stereocenters. The Bertz CT molecular complexity index is 775. The van der Waals surface area contributed by atoms with Crippen LogP contribution in [0.1, 0.15) is 26.3 Å². The highest BCUT2D eigenvalue weighted by atomic mass is 79.9. The number of hydrogen-bond acceptors (Lipinski definition) is 3. The highest BCUT2D eigenvalue weighted by molar-refractivity contribution is 9.10. The maximum atomic E-state index is 12.1. The van der Waals surface area contributed by atoms with Crippen LogP contribution in [-0.2, 0) is 0 Å². The second kappa shape index (κ2) is 7.34. The summed E-state index contributed by atoms with van der Waals surface area (Å²) in [6.45, 7) is 1.93. The molecule has 0 unspecified atom stereocenters. The van der Waals surface area contributed by atoms with Crippen molar-refractivity contribution >= 4 is 50.8 Å². The summed E-state index contributed by atoms with van der Waals surface area (Å²) in [4.78, 5) is 23.1. The number of amides is 1. The van der Waals surface area contributed by atoms with E-state index in [9.17, 15) is 9.59 Å². The van der Waals surface area contributed by atoms with Crippen molar-refractivity contribution in [3.8, 4) is 0 Å². The summed E-state index contributed by atoms with van der Waals surface area (Å²) >= 11 is 8.39. The first kappa shape index (κ1) is 17.1. The van der Waals surface area contributed by atoms with Crippen LogP contribution >= 0.6 is 28.1 Å². The Kier molecular flexibility index (Phi) is 5.46. The van der Waals surface area contributed by atoms with Crippen molar-refractivity contribution < 1.29 is 14.7 Å². The van der Waals surface area contributed by atoms with Gasteiger partial charge in [0.2, 0.25) is 0 Å². The molecule has 0 spiro atoms. The van der Waals surface area contributed by atoms with Crippen LogP contribution in [0.3, 0.4) is 0 Å². The normalized spacial score (nSPS) is 10.0. The minimum absolute atomic E-state index is 0.0822. The van der Waals surface area contributed by atoms with E-state index >= 15 is 0 Å². The fraction of sp³-hybridized carbons (Fsp3) is 0.0625. The van der Waals surface area contributed by atoms with E-state index in [0.29, 0.717) is 15.7 Å². The summed E-state index contributed by atoms with van der Waals surface area (Å²) in [7, 11) is 0. The fourth-order valence-electron chi connectivity index (χ4n) is 1.79. The topological polar surface area (TPSA) is 78.4 Å². The minimum Gasteiger partial charge on any atom is -0.478 e. The number of anilines is 1. The quantitative estimate of drug-likeness (QED) is 0.695. The fourth-order valence-corrected chi connectivity index (χ4v) is 2.34. The molecule has 2 aromatic rings. The van der Waals surface area contributed by atoms with Crippen molar-refractivity contribution in [1.29, 1.82) is 0 Å². The molecule has 5 nitrogen and oxygen atoms in total. The predicted octanol–water partition coefficient (Wildman–Crippen LogP) is 3.58. The molecular weight excluding hydrogens is 380 g/mol. The minimum atomic E-state index is -1.05. The van der Waals surface area contributed by atoms with Gasteiger partial charge in [-0.3, -0.25) is 10.1 Å². The van der Waals surface area contributed by atoms with Gasteiger partial charge in [0.25, 0.3) is 5.91 Å². The van der Waals surface area contributed by atoms with Crippen LogP contribution in [0.4, 0.5) is 5.69 Å². The van der Waals surface area contributed by atoms with Gasteiger partial charge < -0.3 is 10.4 Å². The van der Waals surface area contributed by atoms with Gasteiger partial charge in [0.15, 0.2) is 5.11 Å². The molecule has 0 bridgehead atoms. The Morgan fingerprint density at radius 1 is 1.09 bits per heavy atom. The van der Waals surface area contributed by atoms with Gasteiger partial charge in [-0.1, -0.05) is 17.7 Å². The number of carboxylic acid groups (broad SMARTS) is 1. The van der Waals surface area contributed by atoms with Crippen LogP contribution in [0.2, 0.25) is 0 Å². The standard InChI is InChI=1S/C16H13BrN2O3S/c1-9-2-4-10(5-3-9)14(20)19-16(23)18-13-8-11(15(21)22)6-7-12(13)17/h2-8H,1H3,(H,21,22)(H2,18,19,20,23). The number of carbonyl (C=O) groups excluding carboxylic acids is 1. The molecule has 2 aromatic carbocycles. The molecule has 0 radical (unpaired) electrons. The first-order valence-corrected chi connectivity index (χ1v) is 7.79. The number of aromatic carboxylic acids is 1. The van der Waals surface area contributed by atoms with Crippen LogP contribution in [0.15, 0.2) is 46.9 Å². The van der Waals surface area contributed by atoms with Crippen LogP contribution in [0, 0.1) is 6.92 Å². The number of benzene rings is 2. The first-order valence-electron chi connectivity index (χ1n) is 6.58. The maximum Gasteiger partial charge on any atom is 0.335 e. The number of carbonyl (C=O) groups is 2. The van der Waals surface area contributed by atoms with E-state index < -0.39 is 5.97 Å². The van der Waals surface area contributed by atoms with E-state index in [0.717, 1.165) is 5.56 Å². The Hall–Kier alpha value is -2.25. The number of hydrogen-bond donors (Lipinski definition) is 3. The van der Waals surface area contributed by atoms with Crippen molar-refractivity contribution in [3.05, 3.63) is 63.6 Å². The van der Waals surface area contributed by atoms with Gasteiger partial charge in [0, 0.05) is 10.0 Å². The second-order valence-corrected chi connectivity index (χ2v) is 6.04. The molecule has 1 amide bonds. The zero-order valence-corrected chi connectivity index (χ0v) is 14.5. The summed E-state index contributed by atoms with van der Waals surface area (Å²) in [6.07, 6.45) is 0. The third-order valence-electron chi connectivity index (χ3n) is 3.00. The molecule has 7 heteroatoms. The van der Waals surface area contributed by atoms with Gasteiger partial charge in [-0.2, -0.15) is 0 Å². The summed E-state index contributed by atoms with van der Waals surface area (Å²) in [6, 6.07) is 11.6. The number of carboxylic acids is 1. The smallest absolute Gasteiger partial charge is 0.335 e. The molecule has 0 aromatic heterocycles. The molecule has 0 saturated carbocycles. The molecule has 23 heavy (non-hydrogen) atoms. The second-order valence-electron chi connectivity index (χ2n) is 4.77. The molecule has 0 aliphatic heterocycles. The number of halogens is 1. The van der Waals surface area contributed by atoms with Gasteiger partial charge in [-0.25, -0.2) is 4.79 Å². The zero-order valence-electron chi connectivity index (χ0n) is 12.1. The van der Waals surface area contributed by atoms with E-state index in [2.05, 4.69) is 26.6 Å². The maximum absolute atomic E-state index is 12.1. The van der Waals surface area contributed by atoms with E-state index in [-0.39, 0.29) is 16.6 Å². The molecule has 0 fully saturated rings. The van der Waals surface area contributed by atoms with Crippen LogP contribution in [-0.4, -0.2) is 22.1 Å². The lowest BCUT2D eigenvalue weighted by atomic mass is 10.1. The van der Waals surface area contributed by atoms with Gasteiger partial charge in [-0.15, -0.1) is 0 Å². The summed E-state index contributed by atoms with van der Waals surface area (Å²) in [5.74, 6) is -1.39. The van der Waals surface area contributed by atoms with Crippen LogP contribution in [0.5, 0.6) is 0 Å². The van der Waals surface area contributed by atoms with Crippen LogP contribution in [0.25, 0.3) is 0 Å². The highest BCUT2D eigenvalue weighted by Crippen LogP contribution is 2.23. The Morgan fingerprint density at radius 2 is 1.70 bits per heavy atom. The third kappa shape index (κ3) is 4.61. The predicted molar refractivity (Wildman–Crippen MR) is 96.0 cm³/mol. The lowest BCUT2D eigenvalue weighted by Gasteiger charge is -2.12. The van der Waals surface area contributed by atoms with Gasteiger partial charge in [0.05, 0.1) is 11.3 Å². The van der Waals surface area contributed by atoms with Gasteiger partial charge >= 0.3 is 5.97 Å². The Morgan fingerprint density at radius 3 is 2.30 bits per heavy atom. The third-order valence-corrected chi connectivity index (χ3v) is 3.90. The van der Waals surface area contributed by atoms with E-state index in [1.807, 2.05) is 19.1 Å². The van der Waals surface area contributed by atoms with E-state index in [4.69, 9.17) is 17.3 Å². The number of thiocarbonyl (C=S) groups is 1. The lowest BCUT2D eigenvalue weighted by Crippen LogP contribution is -2.34. The molecule has 0 saturated heterocycles. The largest absolute Gasteiger partial charge is 0.478 e. The van der Waals surface area contributed by atoms with Crippen molar-refractivity contribution in [2.24, 2.45) is 0 Å². The van der Waals surface area contributed by atoms with Crippen molar-refractivity contribution in [2.45, 2.75) is 6.92 Å². The van der Waals surface area contributed by atoms with Gasteiger partial charge in [0.1, 0.15) is 0 Å². The van der Waals surface area contributed by atoms with E-state index in [1.54, 1.807) is 18.2 Å². The SMILES string of the molecule is Cc1ccc(C(=O)NC(=S)Nc2cc(C(=O)O)ccc2Br)cc1. The average molecular weight is 393 g/mol. The van der Waals surface area contributed by atoms with Crippen molar-refractivity contribution in [3.63, 3.8) is 0 Å². The monoisotopic (exact) mass is 392 g/mol. The Balaban J connectivity index is 2.07. The number of rotatable bonds is 3. The Labute approximate surface area is 146 Å². The summed E-state index contributed by atoms with van der Waals surface area (Å²) < 4.78 is 0.634. The molecule has 118 valence electrons. The first-order chi connectivity index (χ1) is 10.9. The van der Waals surface area contributed by atoms with Crippen LogP contribution < -0.4 is 10.6 Å². The van der Waals surface area contributed by atoms with Crippen molar-refractivity contribution in [1.82, 2.24) is 5.32 Å². The van der Waals surface area contributed by atoms with E-state index in [1.165, 1.54) is 12.1 Å². The highest BCUT2D eigenvalue weighted by Gasteiger charge is 2.11. The van der Waals surface area contributed by atoms with Crippen molar-refractivity contribution in [2.75, 3.05) is 5.32 Å². The molecule has 2 rings (SSSR count). The molecular formula is C16H13BrN2O3S. The number of nitrogens with one attached hydrogen (secondary N) is 2. The summed E-state index contributed by atoms with van der Waals surface area (Å²) in [5.41, 5.74) is 2.11. The molecule has 0 heterocycles. The molecule has 0 aliphatic rings. The number of aryl methyl sites for hydroxylation is 1.